The van der Waals surface area contributed by atoms with Gasteiger partial charge in [0.2, 0.25) is 10.0 Å². The number of ether oxygens (including phenoxy) is 1. The molecule has 0 atom stereocenters. The molecule has 0 aromatic heterocycles. The zero-order valence-corrected chi connectivity index (χ0v) is 15.1. The molecule has 0 aliphatic carbocycles. The van der Waals surface area contributed by atoms with Crippen LogP contribution < -0.4 is 5.73 Å². The molecule has 7 heteroatoms. The molecule has 0 radical (unpaired) electrons. The average molecular weight is 379 g/mol. The topological polar surface area (TPSA) is 72.6 Å². The van der Waals surface area contributed by atoms with E-state index in [1.54, 1.807) is 25.3 Å². The minimum Gasteiger partial charge on any atom is -0.383 e. The Kier molecular flexibility index (Phi) is 7.29. The Morgan fingerprint density at radius 1 is 1.38 bits per heavy atom. The number of halogens is 1. The number of methoxy groups -OCH3 is 1. The summed E-state index contributed by atoms with van der Waals surface area (Å²) in [7, 11) is -2.00. The molecular weight excluding hydrogens is 356 g/mol. The quantitative estimate of drug-likeness (QED) is 0.752. The van der Waals surface area contributed by atoms with Gasteiger partial charge in [-0.3, -0.25) is 0 Å². The van der Waals surface area contributed by atoms with Crippen LogP contribution >= 0.6 is 15.9 Å². The predicted molar refractivity (Wildman–Crippen MR) is 87.5 cm³/mol. The first kappa shape index (κ1) is 18.6. The van der Waals surface area contributed by atoms with Crippen LogP contribution in [-0.4, -0.2) is 39.5 Å². The van der Waals surface area contributed by atoms with Crippen LogP contribution in [-0.2, 0) is 21.3 Å². The second-order valence-electron chi connectivity index (χ2n) is 5.22. The molecule has 0 bridgehead atoms. The lowest BCUT2D eigenvalue weighted by Crippen LogP contribution is -2.36. The van der Waals surface area contributed by atoms with Crippen molar-refractivity contribution in [1.82, 2.24) is 4.31 Å². The number of hydrogen-bond acceptors (Lipinski definition) is 4. The van der Waals surface area contributed by atoms with E-state index in [2.05, 4.69) is 15.9 Å². The summed E-state index contributed by atoms with van der Waals surface area (Å²) >= 11 is 3.33. The van der Waals surface area contributed by atoms with E-state index in [9.17, 15) is 8.42 Å². The maximum atomic E-state index is 12.8. The minimum absolute atomic E-state index is 0.235. The highest BCUT2D eigenvalue weighted by Gasteiger charge is 2.26. The molecule has 0 heterocycles. The highest BCUT2D eigenvalue weighted by atomic mass is 79.9. The molecule has 0 aliphatic heterocycles. The van der Waals surface area contributed by atoms with Gasteiger partial charge in [0.05, 0.1) is 11.5 Å². The molecule has 1 aromatic carbocycles. The molecule has 0 saturated heterocycles. The normalized spacial score (nSPS) is 12.3. The lowest BCUT2D eigenvalue weighted by molar-refractivity contribution is 0.175. The fourth-order valence-electron chi connectivity index (χ4n) is 1.93. The molecule has 0 amide bonds. The highest BCUT2D eigenvalue weighted by Crippen LogP contribution is 2.26. The van der Waals surface area contributed by atoms with Gasteiger partial charge < -0.3 is 10.5 Å². The van der Waals surface area contributed by atoms with Gasteiger partial charge in [-0.15, -0.1) is 0 Å². The van der Waals surface area contributed by atoms with Gasteiger partial charge in [-0.1, -0.05) is 19.9 Å². The van der Waals surface area contributed by atoms with E-state index in [4.69, 9.17) is 10.5 Å². The maximum absolute atomic E-state index is 12.8. The third-order valence-electron chi connectivity index (χ3n) is 2.96. The number of hydrogen-bond donors (Lipinski definition) is 1. The first-order valence-corrected chi connectivity index (χ1v) is 9.03. The first-order chi connectivity index (χ1) is 9.82. The molecular formula is C14H23BrN2O3S. The van der Waals surface area contributed by atoms with Crippen LogP contribution in [0, 0.1) is 5.92 Å². The molecule has 2 N–H and O–H groups in total. The van der Waals surface area contributed by atoms with Gasteiger partial charge in [0, 0.05) is 31.2 Å². The summed E-state index contributed by atoms with van der Waals surface area (Å²) in [5.41, 5.74) is 6.45. The van der Waals surface area contributed by atoms with Gasteiger partial charge in [-0.2, -0.15) is 4.31 Å². The summed E-state index contributed by atoms with van der Waals surface area (Å²) in [6.07, 6.45) is 0. The molecule has 0 fully saturated rings. The summed E-state index contributed by atoms with van der Waals surface area (Å²) < 4.78 is 32.6. The molecule has 21 heavy (non-hydrogen) atoms. The van der Waals surface area contributed by atoms with Crippen molar-refractivity contribution in [1.29, 1.82) is 0 Å². The lowest BCUT2D eigenvalue weighted by atomic mass is 10.2. The van der Waals surface area contributed by atoms with Crippen LogP contribution in [0.3, 0.4) is 0 Å². The maximum Gasteiger partial charge on any atom is 0.244 e. The Balaban J connectivity index is 3.15. The lowest BCUT2D eigenvalue weighted by Gasteiger charge is -2.24. The summed E-state index contributed by atoms with van der Waals surface area (Å²) in [5, 5.41) is 0. The van der Waals surface area contributed by atoms with Crippen molar-refractivity contribution in [3.05, 3.63) is 28.2 Å². The third kappa shape index (κ3) is 5.03. The molecule has 1 aromatic rings. The van der Waals surface area contributed by atoms with Crippen molar-refractivity contribution >= 4 is 26.0 Å². The monoisotopic (exact) mass is 378 g/mol. The van der Waals surface area contributed by atoms with Crippen LogP contribution in [0.25, 0.3) is 0 Å². The Morgan fingerprint density at radius 2 is 2.05 bits per heavy atom. The molecule has 0 unspecified atom stereocenters. The summed E-state index contributed by atoms with van der Waals surface area (Å²) in [4.78, 5) is 0.261. The second kappa shape index (κ2) is 8.24. The zero-order chi connectivity index (χ0) is 16.0. The predicted octanol–water partition coefficient (Wildman–Crippen LogP) is 2.20. The highest BCUT2D eigenvalue weighted by molar-refractivity contribution is 9.10. The van der Waals surface area contributed by atoms with E-state index in [1.807, 2.05) is 13.8 Å². The van der Waals surface area contributed by atoms with E-state index < -0.39 is 10.0 Å². The van der Waals surface area contributed by atoms with Crippen LogP contribution in [0.5, 0.6) is 0 Å². The Labute approximate surface area is 135 Å². The Morgan fingerprint density at radius 3 is 2.52 bits per heavy atom. The van der Waals surface area contributed by atoms with E-state index in [0.29, 0.717) is 30.7 Å². The fraction of sp³-hybridized carbons (Fsp3) is 0.571. The van der Waals surface area contributed by atoms with Crippen molar-refractivity contribution in [2.45, 2.75) is 25.3 Å². The standard InChI is InChI=1S/C14H23BrN2O3S/c1-11(2)10-17(6-7-20-3)21(18,19)14-5-4-12(9-16)8-13(14)15/h4-5,8,11H,6-7,9-10,16H2,1-3H3. The van der Waals surface area contributed by atoms with Crippen LogP contribution in [0.15, 0.2) is 27.6 Å². The van der Waals surface area contributed by atoms with Gasteiger partial charge in [-0.25, -0.2) is 8.42 Å². The summed E-state index contributed by atoms with van der Waals surface area (Å²) in [6.45, 7) is 5.51. The van der Waals surface area contributed by atoms with Crippen LogP contribution in [0.2, 0.25) is 0 Å². The van der Waals surface area contributed by atoms with Crippen molar-refractivity contribution in [3.63, 3.8) is 0 Å². The van der Waals surface area contributed by atoms with Gasteiger partial charge in [-0.05, 0) is 39.5 Å². The SMILES string of the molecule is COCCN(CC(C)C)S(=O)(=O)c1ccc(CN)cc1Br. The molecule has 120 valence electrons. The Hall–Kier alpha value is -0.470. The smallest absolute Gasteiger partial charge is 0.244 e. The molecule has 5 nitrogen and oxygen atoms in total. The summed E-state index contributed by atoms with van der Waals surface area (Å²) in [6, 6.07) is 5.08. The average Bonchev–Trinajstić information content (AvgIpc) is 2.42. The van der Waals surface area contributed by atoms with Gasteiger partial charge >= 0.3 is 0 Å². The van der Waals surface area contributed by atoms with Gasteiger partial charge in [0.15, 0.2) is 0 Å². The van der Waals surface area contributed by atoms with Crippen molar-refractivity contribution in [2.75, 3.05) is 26.8 Å². The Bertz CT molecular complexity index is 561. The molecule has 1 rings (SSSR count). The first-order valence-electron chi connectivity index (χ1n) is 6.80. The van der Waals surface area contributed by atoms with E-state index >= 15 is 0 Å². The van der Waals surface area contributed by atoms with Crippen molar-refractivity contribution in [3.8, 4) is 0 Å². The van der Waals surface area contributed by atoms with Gasteiger partial charge in [0.25, 0.3) is 0 Å². The fourth-order valence-corrected chi connectivity index (χ4v) is 4.60. The van der Waals surface area contributed by atoms with E-state index in [-0.39, 0.29) is 10.8 Å². The van der Waals surface area contributed by atoms with Crippen LogP contribution in [0.4, 0.5) is 0 Å². The molecule has 0 saturated carbocycles. The largest absolute Gasteiger partial charge is 0.383 e. The van der Waals surface area contributed by atoms with Gasteiger partial charge in [0.1, 0.15) is 0 Å². The van der Waals surface area contributed by atoms with E-state index in [1.165, 1.54) is 4.31 Å². The van der Waals surface area contributed by atoms with Crippen molar-refractivity contribution in [2.24, 2.45) is 11.7 Å². The third-order valence-corrected chi connectivity index (χ3v) is 5.81. The number of nitrogens with two attached hydrogens (primary N) is 1. The second-order valence-corrected chi connectivity index (χ2v) is 7.98. The molecule has 0 spiro atoms. The zero-order valence-electron chi connectivity index (χ0n) is 12.7. The number of benzene rings is 1. The van der Waals surface area contributed by atoms with Crippen molar-refractivity contribution < 1.29 is 13.2 Å². The van der Waals surface area contributed by atoms with E-state index in [0.717, 1.165) is 5.56 Å². The molecule has 0 aliphatic rings. The number of sulfonamides is 1. The minimum atomic E-state index is -3.56. The number of rotatable bonds is 8. The number of nitrogens with zero attached hydrogens (tertiary/aromatic N) is 1. The van der Waals surface area contributed by atoms with Crippen LogP contribution in [0.1, 0.15) is 19.4 Å². The summed E-state index contributed by atoms with van der Waals surface area (Å²) in [5.74, 6) is 0.235.